The molecule has 1 aromatic carbocycles. The van der Waals surface area contributed by atoms with E-state index >= 15 is 0 Å². The zero-order valence-electron chi connectivity index (χ0n) is 12.3. The van der Waals surface area contributed by atoms with Crippen LogP contribution in [0.2, 0.25) is 0 Å². The summed E-state index contributed by atoms with van der Waals surface area (Å²) in [5.74, 6) is 2.27. The Hall–Kier alpha value is -2.20. The first-order chi connectivity index (χ1) is 10.8. The van der Waals surface area contributed by atoms with Gasteiger partial charge in [0.1, 0.15) is 17.1 Å². The summed E-state index contributed by atoms with van der Waals surface area (Å²) in [5.41, 5.74) is 2.85. The molecule has 114 valence electrons. The van der Waals surface area contributed by atoms with Gasteiger partial charge in [-0.2, -0.15) is 0 Å². The summed E-state index contributed by atoms with van der Waals surface area (Å²) in [6, 6.07) is 11.8. The first-order valence-electron chi connectivity index (χ1n) is 7.12. The molecule has 0 aliphatic carbocycles. The van der Waals surface area contributed by atoms with Gasteiger partial charge in [-0.05, 0) is 42.8 Å². The molecule has 4 nitrogen and oxygen atoms in total. The van der Waals surface area contributed by atoms with Gasteiger partial charge in [-0.3, -0.25) is 0 Å². The van der Waals surface area contributed by atoms with Crippen molar-refractivity contribution in [1.82, 2.24) is 9.38 Å². The first-order valence-corrected chi connectivity index (χ1v) is 7.65. The van der Waals surface area contributed by atoms with Gasteiger partial charge in [0.2, 0.25) is 0 Å². The molecule has 3 aromatic rings. The van der Waals surface area contributed by atoms with Gasteiger partial charge in [0.25, 0.3) is 0 Å². The van der Waals surface area contributed by atoms with Gasteiger partial charge >= 0.3 is 0 Å². The number of methoxy groups -OCH3 is 1. The SMILES string of the molecule is COc1ccc2nc(-c3ccc(OCCCCl)cc3)cn2c1. The molecule has 0 radical (unpaired) electrons. The van der Waals surface area contributed by atoms with Gasteiger partial charge in [-0.1, -0.05) is 0 Å². The zero-order chi connectivity index (χ0) is 15.4. The van der Waals surface area contributed by atoms with Gasteiger partial charge in [-0.25, -0.2) is 4.98 Å². The lowest BCUT2D eigenvalue weighted by Crippen LogP contribution is -1.97. The number of rotatable bonds is 6. The highest BCUT2D eigenvalue weighted by Gasteiger charge is 2.05. The number of nitrogens with zero attached hydrogens (tertiary/aromatic N) is 2. The van der Waals surface area contributed by atoms with Crippen LogP contribution in [0.1, 0.15) is 6.42 Å². The molecule has 0 saturated heterocycles. The predicted molar refractivity (Wildman–Crippen MR) is 88.0 cm³/mol. The van der Waals surface area contributed by atoms with Crippen molar-refractivity contribution >= 4 is 17.2 Å². The molecule has 0 saturated carbocycles. The summed E-state index contributed by atoms with van der Waals surface area (Å²) >= 11 is 5.63. The highest BCUT2D eigenvalue weighted by molar-refractivity contribution is 6.17. The summed E-state index contributed by atoms with van der Waals surface area (Å²) in [6.45, 7) is 0.636. The molecule has 3 rings (SSSR count). The molecule has 22 heavy (non-hydrogen) atoms. The normalized spacial score (nSPS) is 10.8. The van der Waals surface area contributed by atoms with Crippen LogP contribution in [0.15, 0.2) is 48.8 Å². The van der Waals surface area contributed by atoms with E-state index in [1.54, 1.807) is 7.11 Å². The predicted octanol–water partition coefficient (Wildman–Crippen LogP) is 4.02. The fourth-order valence-electron chi connectivity index (χ4n) is 2.20. The molecular weight excluding hydrogens is 300 g/mol. The Kier molecular flexibility index (Phi) is 4.49. The van der Waals surface area contributed by atoms with Crippen molar-refractivity contribution in [1.29, 1.82) is 0 Å². The molecular formula is C17H17ClN2O2. The Bertz CT molecular complexity index is 753. The van der Waals surface area contributed by atoms with Gasteiger partial charge in [-0.15, -0.1) is 11.6 Å². The number of halogens is 1. The van der Waals surface area contributed by atoms with Crippen LogP contribution in [0.4, 0.5) is 0 Å². The summed E-state index contributed by atoms with van der Waals surface area (Å²) in [6.07, 6.45) is 4.74. The van der Waals surface area contributed by atoms with E-state index in [0.717, 1.165) is 34.8 Å². The van der Waals surface area contributed by atoms with Crippen molar-refractivity contribution in [3.05, 3.63) is 48.8 Å². The van der Waals surface area contributed by atoms with Crippen molar-refractivity contribution < 1.29 is 9.47 Å². The van der Waals surface area contributed by atoms with Crippen LogP contribution in [-0.2, 0) is 0 Å². The largest absolute Gasteiger partial charge is 0.495 e. The fraction of sp³-hybridized carbons (Fsp3) is 0.235. The number of imidazole rings is 1. The number of fused-ring (bicyclic) bond motifs is 1. The maximum absolute atomic E-state index is 5.63. The Balaban J connectivity index is 1.81. The fourth-order valence-corrected chi connectivity index (χ4v) is 2.31. The molecule has 0 amide bonds. The Morgan fingerprint density at radius 1 is 1.05 bits per heavy atom. The quantitative estimate of drug-likeness (QED) is 0.509. The lowest BCUT2D eigenvalue weighted by atomic mass is 10.2. The molecule has 0 spiro atoms. The van der Waals surface area contributed by atoms with Crippen LogP contribution < -0.4 is 9.47 Å². The number of alkyl halides is 1. The Labute approximate surface area is 134 Å². The summed E-state index contributed by atoms with van der Waals surface area (Å²) in [5, 5.41) is 0. The van der Waals surface area contributed by atoms with E-state index in [-0.39, 0.29) is 0 Å². The maximum Gasteiger partial charge on any atom is 0.137 e. The molecule has 0 atom stereocenters. The number of benzene rings is 1. The van der Waals surface area contributed by atoms with E-state index in [2.05, 4.69) is 4.98 Å². The average molecular weight is 317 g/mol. The molecule has 0 bridgehead atoms. The standard InChI is InChI=1S/C17H17ClN2O2/c1-21-15-7-8-17-19-16(12-20(17)11-15)13-3-5-14(6-4-13)22-10-2-9-18/h3-8,11-12H,2,9-10H2,1H3. The summed E-state index contributed by atoms with van der Waals surface area (Å²) in [7, 11) is 1.65. The average Bonchev–Trinajstić information content (AvgIpc) is 2.98. The number of aromatic nitrogens is 2. The Morgan fingerprint density at radius 3 is 2.55 bits per heavy atom. The monoisotopic (exact) mass is 316 g/mol. The second-order valence-corrected chi connectivity index (χ2v) is 5.25. The molecule has 2 heterocycles. The maximum atomic E-state index is 5.63. The molecule has 0 fully saturated rings. The van der Waals surface area contributed by atoms with Crippen LogP contribution >= 0.6 is 11.6 Å². The van der Waals surface area contributed by atoms with E-state index in [0.29, 0.717) is 12.5 Å². The third-order valence-corrected chi connectivity index (χ3v) is 3.62. The van der Waals surface area contributed by atoms with Crippen LogP contribution in [0.5, 0.6) is 11.5 Å². The molecule has 0 N–H and O–H groups in total. The highest BCUT2D eigenvalue weighted by atomic mass is 35.5. The van der Waals surface area contributed by atoms with Crippen LogP contribution in [0.25, 0.3) is 16.9 Å². The minimum Gasteiger partial charge on any atom is -0.495 e. The van der Waals surface area contributed by atoms with Crippen molar-refractivity contribution in [3.8, 4) is 22.8 Å². The Morgan fingerprint density at radius 2 is 1.82 bits per heavy atom. The third kappa shape index (κ3) is 3.17. The topological polar surface area (TPSA) is 35.8 Å². The number of pyridine rings is 1. The molecule has 0 aliphatic rings. The van der Waals surface area contributed by atoms with Crippen LogP contribution in [0.3, 0.4) is 0 Å². The third-order valence-electron chi connectivity index (χ3n) is 3.36. The molecule has 2 aromatic heterocycles. The highest BCUT2D eigenvalue weighted by Crippen LogP contribution is 2.23. The summed E-state index contributed by atoms with van der Waals surface area (Å²) < 4.78 is 12.8. The van der Waals surface area contributed by atoms with Gasteiger partial charge in [0, 0.05) is 17.6 Å². The van der Waals surface area contributed by atoms with Crippen molar-refractivity contribution in [3.63, 3.8) is 0 Å². The first kappa shape index (κ1) is 14.7. The minimum absolute atomic E-state index is 0.614. The molecule has 0 unspecified atom stereocenters. The van der Waals surface area contributed by atoms with Gasteiger partial charge in [0.05, 0.1) is 25.6 Å². The van der Waals surface area contributed by atoms with Gasteiger partial charge < -0.3 is 13.9 Å². The lowest BCUT2D eigenvalue weighted by Gasteiger charge is -2.05. The number of ether oxygens (including phenoxy) is 2. The van der Waals surface area contributed by atoms with Crippen molar-refractivity contribution in [2.45, 2.75) is 6.42 Å². The van der Waals surface area contributed by atoms with Crippen LogP contribution in [0, 0.1) is 0 Å². The van der Waals surface area contributed by atoms with Crippen LogP contribution in [-0.4, -0.2) is 29.0 Å². The van der Waals surface area contributed by atoms with Crippen molar-refractivity contribution in [2.75, 3.05) is 19.6 Å². The second-order valence-electron chi connectivity index (χ2n) is 4.88. The minimum atomic E-state index is 0.614. The smallest absolute Gasteiger partial charge is 0.137 e. The van der Waals surface area contributed by atoms with E-state index in [4.69, 9.17) is 21.1 Å². The molecule has 5 heteroatoms. The summed E-state index contributed by atoms with van der Waals surface area (Å²) in [4.78, 5) is 4.61. The lowest BCUT2D eigenvalue weighted by molar-refractivity contribution is 0.318. The molecule has 0 aliphatic heterocycles. The van der Waals surface area contributed by atoms with E-state index in [1.807, 2.05) is 53.2 Å². The van der Waals surface area contributed by atoms with Gasteiger partial charge in [0.15, 0.2) is 0 Å². The van der Waals surface area contributed by atoms with E-state index in [9.17, 15) is 0 Å². The second kappa shape index (κ2) is 6.71. The number of hydrogen-bond acceptors (Lipinski definition) is 3. The zero-order valence-corrected chi connectivity index (χ0v) is 13.1. The number of hydrogen-bond donors (Lipinski definition) is 0. The van der Waals surface area contributed by atoms with E-state index in [1.165, 1.54) is 0 Å². The van der Waals surface area contributed by atoms with E-state index < -0.39 is 0 Å². The van der Waals surface area contributed by atoms with Crippen molar-refractivity contribution in [2.24, 2.45) is 0 Å².